The second-order valence-electron chi connectivity index (χ2n) is 5.22. The van der Waals surface area contributed by atoms with Crippen molar-refractivity contribution < 1.29 is 23.1 Å². The van der Waals surface area contributed by atoms with E-state index < -0.39 is 24.2 Å². The van der Waals surface area contributed by atoms with E-state index in [-0.39, 0.29) is 17.9 Å². The van der Waals surface area contributed by atoms with E-state index in [1.54, 1.807) is 0 Å². The summed E-state index contributed by atoms with van der Waals surface area (Å²) in [5, 5.41) is 14.6. The van der Waals surface area contributed by atoms with Gasteiger partial charge in [-0.3, -0.25) is 0 Å². The summed E-state index contributed by atoms with van der Waals surface area (Å²) in [6.45, 7) is 3.47. The Morgan fingerprint density at radius 3 is 2.36 bits per heavy atom. The van der Waals surface area contributed by atoms with Gasteiger partial charge in [0, 0.05) is 5.69 Å². The zero-order valence-electron chi connectivity index (χ0n) is 12.6. The van der Waals surface area contributed by atoms with Crippen molar-refractivity contribution in [2.24, 2.45) is 0 Å². The van der Waals surface area contributed by atoms with E-state index in [1.807, 2.05) is 13.8 Å². The van der Waals surface area contributed by atoms with Gasteiger partial charge in [-0.05, 0) is 30.5 Å². The molecule has 0 saturated heterocycles. The van der Waals surface area contributed by atoms with Crippen molar-refractivity contribution in [1.82, 2.24) is 5.32 Å². The molecule has 0 heterocycles. The van der Waals surface area contributed by atoms with Gasteiger partial charge in [0.2, 0.25) is 0 Å². The first-order valence-corrected chi connectivity index (χ1v) is 7.09. The lowest BCUT2D eigenvalue weighted by Gasteiger charge is -2.30. The molecule has 0 atom stereocenters. The van der Waals surface area contributed by atoms with Crippen molar-refractivity contribution in [2.75, 3.05) is 11.9 Å². The Bertz CT molecular complexity index is 492. The van der Waals surface area contributed by atoms with Crippen molar-refractivity contribution >= 4 is 11.7 Å². The number of urea groups is 1. The van der Waals surface area contributed by atoms with Gasteiger partial charge in [-0.2, -0.15) is 13.2 Å². The Labute approximate surface area is 127 Å². The molecule has 0 aromatic heterocycles. The van der Waals surface area contributed by atoms with Gasteiger partial charge in [-0.15, -0.1) is 0 Å². The first-order chi connectivity index (χ1) is 10.2. The Balaban J connectivity index is 2.74. The molecule has 0 unspecified atom stereocenters. The summed E-state index contributed by atoms with van der Waals surface area (Å²) < 4.78 is 37.1. The minimum Gasteiger partial charge on any atom is -0.394 e. The van der Waals surface area contributed by atoms with Crippen LogP contribution in [0.5, 0.6) is 0 Å². The van der Waals surface area contributed by atoms with Gasteiger partial charge in [0.15, 0.2) is 0 Å². The topological polar surface area (TPSA) is 61.4 Å². The van der Waals surface area contributed by atoms with Crippen LogP contribution in [0.4, 0.5) is 23.7 Å². The second kappa shape index (κ2) is 7.49. The number of hydrogen-bond acceptors (Lipinski definition) is 2. The highest BCUT2D eigenvalue weighted by Gasteiger charge is 2.28. The number of nitrogens with one attached hydrogen (secondary N) is 2. The number of anilines is 1. The molecule has 3 N–H and O–H groups in total. The van der Waals surface area contributed by atoms with Gasteiger partial charge < -0.3 is 15.7 Å². The Hall–Kier alpha value is -1.76. The van der Waals surface area contributed by atoms with Crippen molar-refractivity contribution in [2.45, 2.75) is 44.8 Å². The van der Waals surface area contributed by atoms with E-state index in [1.165, 1.54) is 24.3 Å². The van der Waals surface area contributed by atoms with Gasteiger partial charge in [0.05, 0.1) is 18.6 Å². The molecule has 1 aromatic rings. The lowest BCUT2D eigenvalue weighted by atomic mass is 9.94. The number of aliphatic hydroxyl groups excluding tert-OH is 1. The van der Waals surface area contributed by atoms with E-state index in [9.17, 15) is 23.1 Å². The first kappa shape index (κ1) is 18.3. The van der Waals surface area contributed by atoms with Crippen LogP contribution < -0.4 is 10.6 Å². The third-order valence-electron chi connectivity index (χ3n) is 3.62. The maximum absolute atomic E-state index is 12.4. The maximum atomic E-state index is 12.4. The molecule has 4 nitrogen and oxygen atoms in total. The van der Waals surface area contributed by atoms with Crippen molar-refractivity contribution in [3.8, 4) is 0 Å². The van der Waals surface area contributed by atoms with Crippen LogP contribution in [-0.2, 0) is 6.42 Å². The molecule has 1 rings (SSSR count). The third-order valence-corrected chi connectivity index (χ3v) is 3.62. The van der Waals surface area contributed by atoms with Crippen LogP contribution in [-0.4, -0.2) is 29.5 Å². The largest absolute Gasteiger partial charge is 0.394 e. The van der Waals surface area contributed by atoms with Crippen LogP contribution in [0.25, 0.3) is 0 Å². The summed E-state index contributed by atoms with van der Waals surface area (Å²) in [6.07, 6.45) is -4.25. The molecule has 0 aliphatic heterocycles. The summed E-state index contributed by atoms with van der Waals surface area (Å²) in [6, 6.07) is 5.05. The average molecular weight is 318 g/mol. The molecule has 0 bridgehead atoms. The molecule has 124 valence electrons. The highest BCUT2D eigenvalue weighted by Crippen LogP contribution is 2.23. The smallest absolute Gasteiger partial charge is 0.393 e. The molecule has 0 fully saturated rings. The van der Waals surface area contributed by atoms with E-state index in [0.29, 0.717) is 12.8 Å². The second-order valence-corrected chi connectivity index (χ2v) is 5.22. The van der Waals surface area contributed by atoms with E-state index >= 15 is 0 Å². The summed E-state index contributed by atoms with van der Waals surface area (Å²) in [5.41, 5.74) is -0.379. The molecule has 0 radical (unpaired) electrons. The summed E-state index contributed by atoms with van der Waals surface area (Å²) in [5.74, 6) is 0. The van der Waals surface area contributed by atoms with Crippen molar-refractivity contribution in [3.63, 3.8) is 0 Å². The number of carbonyl (C=O) groups is 1. The molecule has 1 aromatic carbocycles. The predicted molar refractivity (Wildman–Crippen MR) is 78.8 cm³/mol. The van der Waals surface area contributed by atoms with E-state index in [2.05, 4.69) is 10.6 Å². The van der Waals surface area contributed by atoms with Gasteiger partial charge in [-0.25, -0.2) is 4.79 Å². The normalized spacial score (nSPS) is 12.1. The number of carbonyl (C=O) groups excluding carboxylic acids is 1. The minimum atomic E-state index is -4.29. The van der Waals surface area contributed by atoms with Gasteiger partial charge >= 0.3 is 12.2 Å². The first-order valence-electron chi connectivity index (χ1n) is 7.09. The highest BCUT2D eigenvalue weighted by molar-refractivity contribution is 5.89. The third kappa shape index (κ3) is 5.55. The zero-order chi connectivity index (χ0) is 16.8. The van der Waals surface area contributed by atoms with Crippen LogP contribution in [0.15, 0.2) is 24.3 Å². The number of rotatable bonds is 6. The SMILES string of the molecule is CCC(CC)(CO)NC(=O)Nc1cccc(CC(F)(F)F)c1. The van der Waals surface area contributed by atoms with E-state index in [0.717, 1.165) is 0 Å². The number of halogens is 3. The van der Waals surface area contributed by atoms with Crippen molar-refractivity contribution in [1.29, 1.82) is 0 Å². The van der Waals surface area contributed by atoms with Crippen LogP contribution >= 0.6 is 0 Å². The monoisotopic (exact) mass is 318 g/mol. The number of amides is 2. The van der Waals surface area contributed by atoms with Crippen LogP contribution in [0.1, 0.15) is 32.3 Å². The van der Waals surface area contributed by atoms with Gasteiger partial charge in [0.1, 0.15) is 0 Å². The predicted octanol–water partition coefficient (Wildman–Crippen LogP) is 3.46. The standard InChI is InChI=1S/C15H21F3N2O2/c1-3-14(4-2,10-21)20-13(22)19-12-7-5-6-11(8-12)9-15(16,17)18/h5-8,21H,3-4,9-10H2,1-2H3,(H2,19,20,22). The fourth-order valence-electron chi connectivity index (χ4n) is 2.08. The Kier molecular flexibility index (Phi) is 6.22. The maximum Gasteiger partial charge on any atom is 0.393 e. The summed E-state index contributed by atoms with van der Waals surface area (Å²) in [7, 11) is 0. The molecule has 0 aliphatic rings. The molecule has 0 aliphatic carbocycles. The summed E-state index contributed by atoms with van der Waals surface area (Å²) in [4.78, 5) is 11.9. The molecule has 0 saturated carbocycles. The number of benzene rings is 1. The van der Waals surface area contributed by atoms with Crippen LogP contribution in [0, 0.1) is 0 Å². The average Bonchev–Trinajstić information content (AvgIpc) is 2.43. The molecule has 22 heavy (non-hydrogen) atoms. The fourth-order valence-corrected chi connectivity index (χ4v) is 2.08. The number of alkyl halides is 3. The van der Waals surface area contributed by atoms with E-state index in [4.69, 9.17) is 0 Å². The Morgan fingerprint density at radius 1 is 1.23 bits per heavy atom. The lowest BCUT2D eigenvalue weighted by Crippen LogP contribution is -2.52. The number of hydrogen-bond donors (Lipinski definition) is 3. The lowest BCUT2D eigenvalue weighted by molar-refractivity contribution is -0.127. The zero-order valence-corrected chi connectivity index (χ0v) is 12.6. The molecular formula is C15H21F3N2O2. The van der Waals surface area contributed by atoms with Gasteiger partial charge in [-0.1, -0.05) is 26.0 Å². The quantitative estimate of drug-likeness (QED) is 0.752. The number of aliphatic hydroxyl groups is 1. The molecule has 2 amide bonds. The van der Waals surface area contributed by atoms with Crippen LogP contribution in [0.2, 0.25) is 0 Å². The van der Waals surface area contributed by atoms with Gasteiger partial charge in [0.25, 0.3) is 0 Å². The molecule has 0 spiro atoms. The molecular weight excluding hydrogens is 297 g/mol. The fraction of sp³-hybridized carbons (Fsp3) is 0.533. The highest BCUT2D eigenvalue weighted by atomic mass is 19.4. The van der Waals surface area contributed by atoms with Crippen molar-refractivity contribution in [3.05, 3.63) is 29.8 Å². The van der Waals surface area contributed by atoms with Crippen LogP contribution in [0.3, 0.4) is 0 Å². The Morgan fingerprint density at radius 2 is 1.86 bits per heavy atom. The summed E-state index contributed by atoms with van der Waals surface area (Å²) >= 11 is 0. The minimum absolute atomic E-state index is 0.0738. The molecule has 7 heteroatoms.